The van der Waals surface area contributed by atoms with E-state index in [1.54, 1.807) is 31.4 Å². The van der Waals surface area contributed by atoms with Crippen LogP contribution in [0.2, 0.25) is 0 Å². The van der Waals surface area contributed by atoms with E-state index in [1.165, 1.54) is 11.4 Å². The molecule has 1 unspecified atom stereocenters. The fraction of sp³-hybridized carbons (Fsp3) is 0.458. The van der Waals surface area contributed by atoms with Crippen molar-refractivity contribution in [3.63, 3.8) is 0 Å². The first-order valence-electron chi connectivity index (χ1n) is 10.8. The number of para-hydroxylation sites is 2. The highest BCUT2D eigenvalue weighted by Crippen LogP contribution is 2.41. The number of nitrogens with zero attached hydrogens (tertiary/aromatic N) is 1. The van der Waals surface area contributed by atoms with Crippen LogP contribution in [0.3, 0.4) is 0 Å². The second-order valence-electron chi connectivity index (χ2n) is 8.70. The molecule has 3 rings (SSSR count). The standard InChI is InChI=1S/C24H32N2O6S/c1-24(2)16-19(18-15-17(30-3)12-13-21(18)32-24)25-23(27)11-8-14-26(33(5,28)29)20-9-6-7-10-22(20)31-4/h6-7,9-10,12-13,15,19H,8,11,14,16H2,1-5H3,(H,25,27). The number of anilines is 1. The third kappa shape index (κ3) is 6.10. The Kier molecular flexibility index (Phi) is 7.41. The van der Waals surface area contributed by atoms with Gasteiger partial charge in [-0.1, -0.05) is 12.1 Å². The van der Waals surface area contributed by atoms with Crippen molar-refractivity contribution in [2.45, 2.75) is 44.8 Å². The van der Waals surface area contributed by atoms with Crippen molar-refractivity contribution >= 4 is 21.6 Å². The third-order valence-corrected chi connectivity index (χ3v) is 6.71. The number of fused-ring (bicyclic) bond motifs is 1. The number of methoxy groups -OCH3 is 2. The molecule has 0 saturated carbocycles. The van der Waals surface area contributed by atoms with Crippen LogP contribution >= 0.6 is 0 Å². The first-order chi connectivity index (χ1) is 15.5. The molecular formula is C24H32N2O6S. The van der Waals surface area contributed by atoms with Gasteiger partial charge in [0.1, 0.15) is 22.8 Å². The molecule has 0 radical (unpaired) electrons. The largest absolute Gasteiger partial charge is 0.497 e. The van der Waals surface area contributed by atoms with Gasteiger partial charge in [0.2, 0.25) is 15.9 Å². The van der Waals surface area contributed by atoms with Crippen molar-refractivity contribution in [2.24, 2.45) is 0 Å². The Balaban J connectivity index is 1.69. The highest BCUT2D eigenvalue weighted by Gasteiger charge is 2.35. The SMILES string of the molecule is COc1ccc2c(c1)C(NC(=O)CCCN(c1ccccc1OC)S(C)(=O)=O)CC(C)(C)O2. The number of ether oxygens (including phenoxy) is 3. The number of rotatable bonds is 9. The van der Waals surface area contributed by atoms with Crippen molar-refractivity contribution in [1.29, 1.82) is 0 Å². The maximum atomic E-state index is 12.8. The summed E-state index contributed by atoms with van der Waals surface area (Å²) in [5.41, 5.74) is 0.889. The second-order valence-corrected chi connectivity index (χ2v) is 10.6. The zero-order valence-corrected chi connectivity index (χ0v) is 20.6. The minimum Gasteiger partial charge on any atom is -0.497 e. The van der Waals surface area contributed by atoms with Gasteiger partial charge in [0.05, 0.1) is 32.2 Å². The minimum absolute atomic E-state index is 0.153. The number of nitrogens with one attached hydrogen (secondary N) is 1. The number of benzene rings is 2. The van der Waals surface area contributed by atoms with E-state index in [4.69, 9.17) is 14.2 Å². The highest BCUT2D eigenvalue weighted by molar-refractivity contribution is 7.92. The summed E-state index contributed by atoms with van der Waals surface area (Å²) in [6, 6.07) is 12.3. The fourth-order valence-electron chi connectivity index (χ4n) is 4.04. The highest BCUT2D eigenvalue weighted by atomic mass is 32.2. The van der Waals surface area contributed by atoms with Crippen molar-refractivity contribution in [3.05, 3.63) is 48.0 Å². The van der Waals surface area contributed by atoms with Crippen molar-refractivity contribution < 1.29 is 27.4 Å². The molecule has 33 heavy (non-hydrogen) atoms. The summed E-state index contributed by atoms with van der Waals surface area (Å²) >= 11 is 0. The van der Waals surface area contributed by atoms with E-state index in [2.05, 4.69) is 5.32 Å². The molecule has 0 fully saturated rings. The Bertz CT molecular complexity index is 1100. The van der Waals surface area contributed by atoms with Crippen LogP contribution in [0.4, 0.5) is 5.69 Å². The first-order valence-corrected chi connectivity index (χ1v) is 12.7. The molecule has 1 atom stereocenters. The number of carbonyl (C=O) groups excluding carboxylic acids is 1. The summed E-state index contributed by atoms with van der Waals surface area (Å²) < 4.78 is 42.8. The summed E-state index contributed by atoms with van der Waals surface area (Å²) in [6.45, 7) is 4.13. The van der Waals surface area contributed by atoms with Gasteiger partial charge < -0.3 is 19.5 Å². The van der Waals surface area contributed by atoms with Crippen molar-refractivity contribution in [1.82, 2.24) is 5.32 Å². The van der Waals surface area contributed by atoms with Gasteiger partial charge in [-0.3, -0.25) is 9.10 Å². The molecule has 1 aliphatic rings. The van der Waals surface area contributed by atoms with Crippen LogP contribution in [0, 0.1) is 0 Å². The molecule has 2 aromatic carbocycles. The maximum absolute atomic E-state index is 12.8. The summed E-state index contributed by atoms with van der Waals surface area (Å²) in [5, 5.41) is 3.09. The van der Waals surface area contributed by atoms with Crippen LogP contribution in [-0.2, 0) is 14.8 Å². The van der Waals surface area contributed by atoms with E-state index in [0.717, 1.165) is 17.6 Å². The molecule has 0 spiro atoms. The fourth-order valence-corrected chi connectivity index (χ4v) is 5.01. The minimum atomic E-state index is -3.55. The van der Waals surface area contributed by atoms with Crippen LogP contribution < -0.4 is 23.8 Å². The molecule has 0 aliphatic carbocycles. The topological polar surface area (TPSA) is 94.2 Å². The van der Waals surface area contributed by atoms with Gasteiger partial charge in [-0.15, -0.1) is 0 Å². The van der Waals surface area contributed by atoms with Crippen molar-refractivity contribution in [2.75, 3.05) is 31.3 Å². The Hall–Kier alpha value is -2.94. The van der Waals surface area contributed by atoms with Gasteiger partial charge in [0.15, 0.2) is 0 Å². The van der Waals surface area contributed by atoms with Gasteiger partial charge in [-0.2, -0.15) is 0 Å². The lowest BCUT2D eigenvalue weighted by Gasteiger charge is -2.38. The molecule has 0 saturated heterocycles. The lowest BCUT2D eigenvalue weighted by atomic mass is 9.89. The van der Waals surface area contributed by atoms with Crippen LogP contribution in [0.1, 0.15) is 44.7 Å². The zero-order valence-electron chi connectivity index (χ0n) is 19.8. The van der Waals surface area contributed by atoms with E-state index in [-0.39, 0.29) is 24.9 Å². The van der Waals surface area contributed by atoms with E-state index in [9.17, 15) is 13.2 Å². The smallest absolute Gasteiger partial charge is 0.232 e. The zero-order chi connectivity index (χ0) is 24.2. The molecule has 1 amide bonds. The van der Waals surface area contributed by atoms with Gasteiger partial charge in [-0.25, -0.2) is 8.42 Å². The molecular weight excluding hydrogens is 444 g/mol. The van der Waals surface area contributed by atoms with E-state index >= 15 is 0 Å². The third-order valence-electron chi connectivity index (χ3n) is 5.53. The van der Waals surface area contributed by atoms with Gasteiger partial charge in [-0.05, 0) is 50.6 Å². The average Bonchev–Trinajstić information content (AvgIpc) is 2.75. The van der Waals surface area contributed by atoms with Gasteiger partial charge in [0, 0.05) is 24.9 Å². The van der Waals surface area contributed by atoms with E-state index < -0.39 is 15.6 Å². The monoisotopic (exact) mass is 476 g/mol. The molecule has 0 aromatic heterocycles. The Labute approximate surface area is 195 Å². The van der Waals surface area contributed by atoms with Crippen LogP contribution in [0.15, 0.2) is 42.5 Å². The summed E-state index contributed by atoms with van der Waals surface area (Å²) in [6.07, 6.45) is 2.29. The number of carbonyl (C=O) groups is 1. The van der Waals surface area contributed by atoms with Gasteiger partial charge >= 0.3 is 0 Å². The molecule has 8 nitrogen and oxygen atoms in total. The van der Waals surface area contributed by atoms with E-state index in [0.29, 0.717) is 30.0 Å². The molecule has 1 aliphatic heterocycles. The number of hydrogen-bond acceptors (Lipinski definition) is 6. The quantitative estimate of drug-likeness (QED) is 0.594. The molecule has 1 heterocycles. The second kappa shape index (κ2) is 9.91. The van der Waals surface area contributed by atoms with Crippen molar-refractivity contribution in [3.8, 4) is 17.2 Å². The predicted octanol–water partition coefficient (Wildman–Crippen LogP) is 3.67. The summed E-state index contributed by atoms with van der Waals surface area (Å²) in [7, 11) is -0.457. The van der Waals surface area contributed by atoms with Crippen LogP contribution in [0.25, 0.3) is 0 Å². The molecule has 1 N–H and O–H groups in total. The normalized spacial score (nSPS) is 16.8. The predicted molar refractivity (Wildman–Crippen MR) is 128 cm³/mol. The lowest BCUT2D eigenvalue weighted by molar-refractivity contribution is -0.122. The molecule has 0 bridgehead atoms. The van der Waals surface area contributed by atoms with Crippen LogP contribution in [0.5, 0.6) is 17.2 Å². The molecule has 9 heteroatoms. The maximum Gasteiger partial charge on any atom is 0.232 e. The van der Waals surface area contributed by atoms with Crippen LogP contribution in [-0.4, -0.2) is 46.9 Å². The Morgan fingerprint density at radius 1 is 1.18 bits per heavy atom. The first kappa shape index (κ1) is 24.7. The Morgan fingerprint density at radius 2 is 1.91 bits per heavy atom. The molecule has 180 valence electrons. The van der Waals surface area contributed by atoms with Gasteiger partial charge in [0.25, 0.3) is 0 Å². The Morgan fingerprint density at radius 3 is 2.58 bits per heavy atom. The lowest BCUT2D eigenvalue weighted by Crippen LogP contribution is -2.41. The summed E-state index contributed by atoms with van der Waals surface area (Å²) in [5.74, 6) is 1.72. The molecule has 2 aromatic rings. The summed E-state index contributed by atoms with van der Waals surface area (Å²) in [4.78, 5) is 12.8. The van der Waals surface area contributed by atoms with E-state index in [1.807, 2.05) is 32.0 Å². The average molecular weight is 477 g/mol. The number of amides is 1. The number of hydrogen-bond donors (Lipinski definition) is 1. The number of sulfonamides is 1.